The summed E-state index contributed by atoms with van der Waals surface area (Å²) in [5.41, 5.74) is 0. The standard InChI is InChI=1S/C14H21N5O3S/c1-3-18-9-8-15-14(18)13-11(6-10-22-13)17-23(20,21)12-5-7-16-19(12)4-2/h5,7-9,11,13,17H,3-4,6,10H2,1-2H3/t11-,13-/m0/s1. The maximum atomic E-state index is 12.6. The van der Waals surface area contributed by atoms with Crippen LogP contribution < -0.4 is 4.72 Å². The Labute approximate surface area is 135 Å². The van der Waals surface area contributed by atoms with E-state index in [1.807, 2.05) is 24.6 Å². The number of sulfonamides is 1. The van der Waals surface area contributed by atoms with E-state index >= 15 is 0 Å². The molecule has 2 atom stereocenters. The van der Waals surface area contributed by atoms with Gasteiger partial charge in [-0.2, -0.15) is 5.10 Å². The highest BCUT2D eigenvalue weighted by Gasteiger charge is 2.36. The van der Waals surface area contributed by atoms with Crippen molar-refractivity contribution >= 4 is 10.0 Å². The lowest BCUT2D eigenvalue weighted by atomic mass is 10.1. The summed E-state index contributed by atoms with van der Waals surface area (Å²) in [6.07, 6.45) is 5.30. The molecule has 1 aliphatic rings. The molecule has 9 heteroatoms. The minimum absolute atomic E-state index is 0.171. The molecule has 0 aliphatic carbocycles. The second kappa shape index (κ2) is 6.42. The predicted molar refractivity (Wildman–Crippen MR) is 83.2 cm³/mol. The van der Waals surface area contributed by atoms with E-state index < -0.39 is 10.0 Å². The fourth-order valence-corrected chi connectivity index (χ4v) is 4.31. The molecule has 3 heterocycles. The zero-order chi connectivity index (χ0) is 16.4. The summed E-state index contributed by atoms with van der Waals surface area (Å²) in [7, 11) is -3.65. The quantitative estimate of drug-likeness (QED) is 0.845. The summed E-state index contributed by atoms with van der Waals surface area (Å²) in [5.74, 6) is 0.752. The van der Waals surface area contributed by atoms with Crippen LogP contribution in [0.4, 0.5) is 0 Å². The van der Waals surface area contributed by atoms with Crippen LogP contribution in [-0.2, 0) is 27.8 Å². The summed E-state index contributed by atoms with van der Waals surface area (Å²) >= 11 is 0. The van der Waals surface area contributed by atoms with Crippen molar-refractivity contribution in [1.29, 1.82) is 0 Å². The van der Waals surface area contributed by atoms with Gasteiger partial charge < -0.3 is 9.30 Å². The molecular weight excluding hydrogens is 318 g/mol. The van der Waals surface area contributed by atoms with E-state index in [1.54, 1.807) is 6.20 Å². The Bertz CT molecular complexity index is 767. The third kappa shape index (κ3) is 3.04. The molecule has 126 valence electrons. The van der Waals surface area contributed by atoms with E-state index in [0.717, 1.165) is 12.4 Å². The van der Waals surface area contributed by atoms with Gasteiger partial charge in [0, 0.05) is 32.1 Å². The number of nitrogens with one attached hydrogen (secondary N) is 1. The topological polar surface area (TPSA) is 91.0 Å². The Hall–Kier alpha value is -1.71. The molecule has 1 aliphatic heterocycles. The van der Waals surface area contributed by atoms with Crippen molar-refractivity contribution in [3.8, 4) is 0 Å². The van der Waals surface area contributed by atoms with Gasteiger partial charge in [-0.1, -0.05) is 0 Å². The van der Waals surface area contributed by atoms with Gasteiger partial charge in [0.05, 0.1) is 12.2 Å². The van der Waals surface area contributed by atoms with Crippen LogP contribution in [0.5, 0.6) is 0 Å². The fraction of sp³-hybridized carbons (Fsp3) is 0.571. The molecular formula is C14H21N5O3S. The fourth-order valence-electron chi connectivity index (χ4n) is 2.86. The number of aromatic nitrogens is 4. The highest BCUT2D eigenvalue weighted by Crippen LogP contribution is 2.29. The molecule has 2 aromatic rings. The highest BCUT2D eigenvalue weighted by molar-refractivity contribution is 7.89. The number of ether oxygens (including phenoxy) is 1. The summed E-state index contributed by atoms with van der Waals surface area (Å²) < 4.78 is 37.2. The number of aryl methyl sites for hydroxylation is 2. The van der Waals surface area contributed by atoms with Crippen LogP contribution in [-0.4, -0.2) is 40.4 Å². The van der Waals surface area contributed by atoms with E-state index in [2.05, 4.69) is 14.8 Å². The molecule has 0 aromatic carbocycles. The van der Waals surface area contributed by atoms with Crippen LogP contribution >= 0.6 is 0 Å². The molecule has 0 bridgehead atoms. The largest absolute Gasteiger partial charge is 0.369 e. The van der Waals surface area contributed by atoms with Crippen molar-refractivity contribution in [2.24, 2.45) is 0 Å². The van der Waals surface area contributed by atoms with Gasteiger partial charge in [0.2, 0.25) is 0 Å². The van der Waals surface area contributed by atoms with Crippen LogP contribution in [0.2, 0.25) is 0 Å². The van der Waals surface area contributed by atoms with Crippen molar-refractivity contribution in [3.05, 3.63) is 30.5 Å². The molecule has 1 N–H and O–H groups in total. The van der Waals surface area contributed by atoms with Crippen molar-refractivity contribution in [2.75, 3.05) is 6.61 Å². The summed E-state index contributed by atoms with van der Waals surface area (Å²) in [5, 5.41) is 4.19. The van der Waals surface area contributed by atoms with Crippen molar-refractivity contribution < 1.29 is 13.2 Å². The number of rotatable bonds is 6. The molecule has 0 radical (unpaired) electrons. The second-order valence-electron chi connectivity index (χ2n) is 5.36. The van der Waals surface area contributed by atoms with Gasteiger partial charge in [-0.05, 0) is 26.3 Å². The van der Waals surface area contributed by atoms with Crippen LogP contribution in [0.15, 0.2) is 29.7 Å². The smallest absolute Gasteiger partial charge is 0.258 e. The Morgan fingerprint density at radius 2 is 2.17 bits per heavy atom. The number of hydrogen-bond donors (Lipinski definition) is 1. The first-order valence-corrected chi connectivity index (χ1v) is 9.22. The molecule has 23 heavy (non-hydrogen) atoms. The molecule has 0 saturated carbocycles. The summed E-state index contributed by atoms with van der Waals surface area (Å²) in [4.78, 5) is 4.33. The number of imidazole rings is 1. The first-order chi connectivity index (χ1) is 11.1. The molecule has 1 saturated heterocycles. The van der Waals surface area contributed by atoms with Crippen molar-refractivity contribution in [1.82, 2.24) is 24.1 Å². The molecule has 2 aromatic heterocycles. The van der Waals surface area contributed by atoms with Crippen LogP contribution in [0.1, 0.15) is 32.2 Å². The normalized spacial score (nSPS) is 21.8. The van der Waals surface area contributed by atoms with Crippen molar-refractivity contribution in [3.63, 3.8) is 0 Å². The Morgan fingerprint density at radius 3 is 2.91 bits per heavy atom. The van der Waals surface area contributed by atoms with Crippen molar-refractivity contribution in [2.45, 2.75) is 50.5 Å². The first-order valence-electron chi connectivity index (χ1n) is 7.73. The minimum atomic E-state index is -3.65. The molecule has 0 unspecified atom stereocenters. The van der Waals surface area contributed by atoms with Gasteiger partial charge in [0.1, 0.15) is 11.9 Å². The average molecular weight is 339 g/mol. The van der Waals surface area contributed by atoms with Crippen LogP contribution in [0.25, 0.3) is 0 Å². The maximum Gasteiger partial charge on any atom is 0.258 e. The second-order valence-corrected chi connectivity index (χ2v) is 7.03. The Kier molecular flexibility index (Phi) is 4.51. The van der Waals surface area contributed by atoms with Gasteiger partial charge in [-0.3, -0.25) is 4.68 Å². The summed E-state index contributed by atoms with van der Waals surface area (Å²) in [6.45, 7) is 5.62. The number of nitrogens with zero attached hydrogens (tertiary/aromatic N) is 4. The van der Waals surface area contributed by atoms with Gasteiger partial charge >= 0.3 is 0 Å². The lowest BCUT2D eigenvalue weighted by Crippen LogP contribution is -2.38. The predicted octanol–water partition coefficient (Wildman–Crippen LogP) is 0.928. The van der Waals surface area contributed by atoms with E-state index in [9.17, 15) is 8.42 Å². The molecule has 0 amide bonds. The third-order valence-corrected chi connectivity index (χ3v) is 5.50. The monoisotopic (exact) mass is 339 g/mol. The SMILES string of the molecule is CCn1ccnc1[C@H]1OCC[C@@H]1NS(=O)(=O)c1ccnn1CC. The van der Waals surface area contributed by atoms with Gasteiger partial charge in [-0.15, -0.1) is 0 Å². The lowest BCUT2D eigenvalue weighted by molar-refractivity contribution is 0.0925. The van der Waals surface area contributed by atoms with Gasteiger partial charge in [0.15, 0.2) is 5.03 Å². The Balaban J connectivity index is 1.84. The van der Waals surface area contributed by atoms with E-state index in [1.165, 1.54) is 16.9 Å². The van der Waals surface area contributed by atoms with Gasteiger partial charge in [-0.25, -0.2) is 18.1 Å². The maximum absolute atomic E-state index is 12.6. The third-order valence-electron chi connectivity index (χ3n) is 3.99. The first kappa shape index (κ1) is 16.2. The molecule has 1 fully saturated rings. The van der Waals surface area contributed by atoms with Crippen LogP contribution in [0.3, 0.4) is 0 Å². The zero-order valence-electron chi connectivity index (χ0n) is 13.2. The Morgan fingerprint density at radius 1 is 1.35 bits per heavy atom. The molecule has 8 nitrogen and oxygen atoms in total. The molecule has 3 rings (SSSR count). The summed E-state index contributed by atoms with van der Waals surface area (Å²) in [6, 6.07) is 1.16. The average Bonchev–Trinajstić information content (AvgIpc) is 3.26. The van der Waals surface area contributed by atoms with E-state index in [0.29, 0.717) is 19.6 Å². The highest BCUT2D eigenvalue weighted by atomic mass is 32.2. The van der Waals surface area contributed by atoms with Gasteiger partial charge in [0.25, 0.3) is 10.0 Å². The van der Waals surface area contributed by atoms with Crippen LogP contribution in [0, 0.1) is 0 Å². The van der Waals surface area contributed by atoms with E-state index in [4.69, 9.17) is 4.74 Å². The van der Waals surface area contributed by atoms with E-state index in [-0.39, 0.29) is 17.2 Å². The lowest BCUT2D eigenvalue weighted by Gasteiger charge is -2.20. The molecule has 0 spiro atoms. The number of hydrogen-bond acceptors (Lipinski definition) is 5. The zero-order valence-corrected chi connectivity index (χ0v) is 14.0. The minimum Gasteiger partial charge on any atom is -0.369 e.